The van der Waals surface area contributed by atoms with E-state index in [4.69, 9.17) is 16.3 Å². The van der Waals surface area contributed by atoms with Crippen LogP contribution in [0.5, 0.6) is 0 Å². The molecule has 128 valence electrons. The van der Waals surface area contributed by atoms with E-state index in [9.17, 15) is 4.79 Å². The summed E-state index contributed by atoms with van der Waals surface area (Å²) in [6.07, 6.45) is 9.32. The van der Waals surface area contributed by atoms with Gasteiger partial charge in [-0.05, 0) is 32.0 Å². The highest BCUT2D eigenvalue weighted by atomic mass is 35.5. The van der Waals surface area contributed by atoms with Gasteiger partial charge in [-0.3, -0.25) is 0 Å². The Morgan fingerprint density at radius 2 is 2.16 bits per heavy atom. The van der Waals surface area contributed by atoms with Crippen LogP contribution in [0.15, 0.2) is 49.3 Å². The molecule has 0 fully saturated rings. The monoisotopic (exact) mass is 357 g/mol. The van der Waals surface area contributed by atoms with Crippen LogP contribution in [0.3, 0.4) is 0 Å². The van der Waals surface area contributed by atoms with Crippen molar-refractivity contribution in [3.63, 3.8) is 0 Å². The molecule has 0 aliphatic carbocycles. The Labute approximate surface area is 149 Å². The van der Waals surface area contributed by atoms with Crippen molar-refractivity contribution in [1.82, 2.24) is 24.3 Å². The van der Waals surface area contributed by atoms with Crippen LogP contribution in [0.4, 0.5) is 0 Å². The van der Waals surface area contributed by atoms with Crippen LogP contribution in [0.1, 0.15) is 13.8 Å². The Hall–Kier alpha value is -2.93. The maximum absolute atomic E-state index is 11.6. The van der Waals surface area contributed by atoms with Crippen molar-refractivity contribution in [3.8, 4) is 17.1 Å². The number of carbonyl (C=O) groups excluding carboxylic acids is 1. The van der Waals surface area contributed by atoms with Crippen molar-refractivity contribution in [3.05, 3.63) is 54.3 Å². The SMILES string of the molecule is CC(C)OC(=O)/C=C\n1cnc(-c2cc(Cl)ccc2-n2ccnc2)n1. The molecular formula is C17H16ClN5O2. The fraction of sp³-hybridized carbons (Fsp3) is 0.176. The van der Waals surface area contributed by atoms with Crippen molar-refractivity contribution in [2.75, 3.05) is 0 Å². The molecule has 25 heavy (non-hydrogen) atoms. The molecule has 2 aromatic heterocycles. The zero-order valence-electron chi connectivity index (χ0n) is 13.7. The van der Waals surface area contributed by atoms with Gasteiger partial charge in [-0.1, -0.05) is 11.6 Å². The minimum atomic E-state index is -0.436. The van der Waals surface area contributed by atoms with Crippen LogP contribution in [0.25, 0.3) is 23.3 Å². The highest BCUT2D eigenvalue weighted by Gasteiger charge is 2.12. The Kier molecular flexibility index (Phi) is 4.95. The largest absolute Gasteiger partial charge is 0.460 e. The number of aromatic nitrogens is 5. The third-order valence-corrected chi connectivity index (χ3v) is 3.44. The summed E-state index contributed by atoms with van der Waals surface area (Å²) < 4.78 is 8.32. The normalized spacial score (nSPS) is 11.4. The molecule has 0 saturated carbocycles. The zero-order valence-corrected chi connectivity index (χ0v) is 14.5. The van der Waals surface area contributed by atoms with Gasteiger partial charge in [0.2, 0.25) is 0 Å². The van der Waals surface area contributed by atoms with Crippen molar-refractivity contribution >= 4 is 23.8 Å². The molecular weight excluding hydrogens is 342 g/mol. The minimum absolute atomic E-state index is 0.173. The second kappa shape index (κ2) is 7.31. The van der Waals surface area contributed by atoms with Gasteiger partial charge in [0.1, 0.15) is 6.33 Å². The molecule has 0 N–H and O–H groups in total. The molecule has 3 rings (SSSR count). The molecule has 0 aliphatic rings. The predicted molar refractivity (Wildman–Crippen MR) is 94.1 cm³/mol. The van der Waals surface area contributed by atoms with Crippen LogP contribution in [0.2, 0.25) is 5.02 Å². The number of rotatable bonds is 5. The lowest BCUT2D eigenvalue weighted by Gasteiger charge is -2.08. The van der Waals surface area contributed by atoms with E-state index in [-0.39, 0.29) is 6.10 Å². The summed E-state index contributed by atoms with van der Waals surface area (Å²) in [5, 5.41) is 4.94. The number of hydrogen-bond donors (Lipinski definition) is 0. The van der Waals surface area contributed by atoms with Crippen molar-refractivity contribution in [2.45, 2.75) is 20.0 Å². The van der Waals surface area contributed by atoms with Gasteiger partial charge in [0.05, 0.1) is 18.1 Å². The molecule has 0 radical (unpaired) electrons. The van der Waals surface area contributed by atoms with Crippen LogP contribution in [0, 0.1) is 0 Å². The maximum atomic E-state index is 11.6. The Balaban J connectivity index is 1.89. The Morgan fingerprint density at radius 1 is 1.32 bits per heavy atom. The molecule has 0 saturated heterocycles. The summed E-state index contributed by atoms with van der Waals surface area (Å²) >= 11 is 6.12. The smallest absolute Gasteiger partial charge is 0.332 e. The molecule has 7 nitrogen and oxygen atoms in total. The summed E-state index contributed by atoms with van der Waals surface area (Å²) in [6, 6.07) is 5.45. The van der Waals surface area contributed by atoms with E-state index in [1.165, 1.54) is 23.3 Å². The van der Waals surface area contributed by atoms with Crippen LogP contribution < -0.4 is 0 Å². The number of carbonyl (C=O) groups is 1. The number of esters is 1. The average Bonchev–Trinajstić information content (AvgIpc) is 3.24. The van der Waals surface area contributed by atoms with E-state index in [1.807, 2.05) is 16.8 Å². The second-order valence-corrected chi connectivity index (χ2v) is 5.92. The van der Waals surface area contributed by atoms with Gasteiger partial charge in [0.25, 0.3) is 0 Å². The van der Waals surface area contributed by atoms with Crippen molar-refractivity contribution in [2.24, 2.45) is 0 Å². The summed E-state index contributed by atoms with van der Waals surface area (Å²) in [5.41, 5.74) is 1.60. The van der Waals surface area contributed by atoms with E-state index < -0.39 is 5.97 Å². The van der Waals surface area contributed by atoms with Crippen molar-refractivity contribution < 1.29 is 9.53 Å². The number of nitrogens with zero attached hydrogens (tertiary/aromatic N) is 5. The molecule has 0 spiro atoms. The highest BCUT2D eigenvalue weighted by molar-refractivity contribution is 6.31. The maximum Gasteiger partial charge on any atom is 0.332 e. The zero-order chi connectivity index (χ0) is 17.8. The summed E-state index contributed by atoms with van der Waals surface area (Å²) in [6.45, 7) is 3.58. The van der Waals surface area contributed by atoms with Gasteiger partial charge < -0.3 is 9.30 Å². The number of benzene rings is 1. The second-order valence-electron chi connectivity index (χ2n) is 5.48. The Bertz CT molecular complexity index is 900. The number of ether oxygens (including phenoxy) is 1. The lowest BCUT2D eigenvalue weighted by Crippen LogP contribution is -2.08. The summed E-state index contributed by atoms with van der Waals surface area (Å²) in [4.78, 5) is 19.9. The Morgan fingerprint density at radius 3 is 2.88 bits per heavy atom. The molecule has 2 heterocycles. The third kappa shape index (κ3) is 4.13. The quantitative estimate of drug-likeness (QED) is 0.517. The molecule has 0 atom stereocenters. The van der Waals surface area contributed by atoms with Gasteiger partial charge in [0, 0.05) is 35.3 Å². The first-order valence-electron chi connectivity index (χ1n) is 7.61. The fourth-order valence-electron chi connectivity index (χ4n) is 2.19. The first-order chi connectivity index (χ1) is 12.0. The predicted octanol–water partition coefficient (Wildman–Crippen LogP) is 3.21. The van der Waals surface area contributed by atoms with Crippen LogP contribution in [-0.4, -0.2) is 36.4 Å². The average molecular weight is 358 g/mol. The standard InChI is InChI=1S/C17H16ClN5O2/c1-12(2)25-16(24)5-7-23-11-20-17(21-23)14-9-13(18)3-4-15(14)22-8-6-19-10-22/h3-12H,1-2H3/b7-5-. The summed E-state index contributed by atoms with van der Waals surface area (Å²) in [7, 11) is 0. The van der Waals surface area contributed by atoms with Gasteiger partial charge >= 0.3 is 5.97 Å². The number of halogens is 1. The first-order valence-corrected chi connectivity index (χ1v) is 7.99. The fourth-order valence-corrected chi connectivity index (χ4v) is 2.37. The minimum Gasteiger partial charge on any atom is -0.460 e. The van der Waals surface area contributed by atoms with Crippen LogP contribution >= 0.6 is 11.6 Å². The van der Waals surface area contributed by atoms with Crippen LogP contribution in [-0.2, 0) is 9.53 Å². The molecule has 1 aromatic carbocycles. The van der Waals surface area contributed by atoms with E-state index in [2.05, 4.69) is 15.1 Å². The van der Waals surface area contributed by atoms with Gasteiger partial charge in [0.15, 0.2) is 5.82 Å². The van der Waals surface area contributed by atoms with Crippen molar-refractivity contribution in [1.29, 1.82) is 0 Å². The lowest BCUT2D eigenvalue weighted by atomic mass is 10.1. The van der Waals surface area contributed by atoms with E-state index >= 15 is 0 Å². The first kappa shape index (κ1) is 16.9. The molecule has 0 bridgehead atoms. The van der Waals surface area contributed by atoms with E-state index in [0.717, 1.165) is 11.3 Å². The third-order valence-electron chi connectivity index (χ3n) is 3.21. The van der Waals surface area contributed by atoms with Gasteiger partial charge in [-0.15, -0.1) is 5.10 Å². The van der Waals surface area contributed by atoms with E-state index in [1.54, 1.807) is 38.5 Å². The molecule has 0 amide bonds. The van der Waals surface area contributed by atoms with E-state index in [0.29, 0.717) is 10.8 Å². The molecule has 8 heteroatoms. The summed E-state index contributed by atoms with van der Waals surface area (Å²) in [5.74, 6) is 0.0435. The molecule has 3 aromatic rings. The number of hydrogen-bond acceptors (Lipinski definition) is 5. The number of imidazole rings is 1. The highest BCUT2D eigenvalue weighted by Crippen LogP contribution is 2.27. The topological polar surface area (TPSA) is 74.8 Å². The molecule has 0 aliphatic heterocycles. The van der Waals surface area contributed by atoms with Gasteiger partial charge in [-0.2, -0.15) is 0 Å². The van der Waals surface area contributed by atoms with Gasteiger partial charge in [-0.25, -0.2) is 19.4 Å². The molecule has 0 unspecified atom stereocenters. The lowest BCUT2D eigenvalue weighted by molar-refractivity contribution is -0.141.